The van der Waals surface area contributed by atoms with Gasteiger partial charge >= 0.3 is 0 Å². The highest BCUT2D eigenvalue weighted by Gasteiger charge is 2.41. The Bertz CT molecular complexity index is 761. The standard InChI is InChI=1S/C14H17N3O3S/c1-5-6(2)16-13-9(15-5)4-8(14(21)17-13)12-11(19)10(18)7(3)20-12/h4,7,10-12,18-19H,1-3H3,(H,16,17,21)/t7-,10?,11+,12+/m1/s1. The molecule has 4 atom stereocenters. The fourth-order valence-corrected chi connectivity index (χ4v) is 2.79. The smallest absolute Gasteiger partial charge is 0.157 e. The minimum atomic E-state index is -1.01. The number of aryl methyl sites for hydroxylation is 2. The fraction of sp³-hybridized carbons (Fsp3) is 0.500. The van der Waals surface area contributed by atoms with Crippen LogP contribution in [-0.4, -0.2) is 43.5 Å². The quantitative estimate of drug-likeness (QED) is 0.691. The third kappa shape index (κ3) is 2.36. The van der Waals surface area contributed by atoms with Crippen LogP contribution in [0.25, 0.3) is 11.2 Å². The fourth-order valence-electron chi connectivity index (χ4n) is 2.52. The van der Waals surface area contributed by atoms with E-state index < -0.39 is 24.4 Å². The van der Waals surface area contributed by atoms with Crippen molar-refractivity contribution in [3.8, 4) is 0 Å². The van der Waals surface area contributed by atoms with E-state index in [4.69, 9.17) is 17.0 Å². The molecule has 6 nitrogen and oxygen atoms in total. The summed E-state index contributed by atoms with van der Waals surface area (Å²) in [6.45, 7) is 5.49. The van der Waals surface area contributed by atoms with Crippen LogP contribution in [0.3, 0.4) is 0 Å². The molecule has 0 radical (unpaired) electrons. The third-order valence-corrected chi connectivity index (χ3v) is 4.27. The van der Waals surface area contributed by atoms with E-state index in [1.54, 1.807) is 13.0 Å². The highest BCUT2D eigenvalue weighted by Crippen LogP contribution is 2.34. The highest BCUT2D eigenvalue weighted by atomic mass is 32.1. The summed E-state index contributed by atoms with van der Waals surface area (Å²) in [5.74, 6) is 0. The van der Waals surface area contributed by atoms with E-state index in [1.807, 2.05) is 13.8 Å². The number of pyridine rings is 1. The summed E-state index contributed by atoms with van der Waals surface area (Å²) < 4.78 is 6.06. The van der Waals surface area contributed by atoms with Crippen molar-refractivity contribution >= 4 is 23.4 Å². The maximum atomic E-state index is 10.1. The number of aliphatic hydroxyl groups excluding tert-OH is 2. The van der Waals surface area contributed by atoms with E-state index in [2.05, 4.69) is 15.0 Å². The van der Waals surface area contributed by atoms with Crippen molar-refractivity contribution in [3.63, 3.8) is 0 Å². The van der Waals surface area contributed by atoms with Gasteiger partial charge in [0, 0.05) is 5.56 Å². The summed E-state index contributed by atoms with van der Waals surface area (Å²) >= 11 is 5.33. The summed E-state index contributed by atoms with van der Waals surface area (Å²) in [6.07, 6.45) is -3.04. The molecule has 2 aromatic rings. The van der Waals surface area contributed by atoms with Crippen LogP contribution in [0.2, 0.25) is 0 Å². The maximum absolute atomic E-state index is 10.1. The lowest BCUT2D eigenvalue weighted by Gasteiger charge is -2.15. The molecule has 3 N–H and O–H groups in total. The largest absolute Gasteiger partial charge is 0.388 e. The van der Waals surface area contributed by atoms with Crippen LogP contribution in [0.15, 0.2) is 6.07 Å². The molecule has 0 bridgehead atoms. The van der Waals surface area contributed by atoms with Gasteiger partial charge in [-0.1, -0.05) is 12.2 Å². The van der Waals surface area contributed by atoms with E-state index in [9.17, 15) is 10.2 Å². The van der Waals surface area contributed by atoms with E-state index in [-0.39, 0.29) is 0 Å². The van der Waals surface area contributed by atoms with E-state index in [1.165, 1.54) is 0 Å². The van der Waals surface area contributed by atoms with Gasteiger partial charge in [0.15, 0.2) is 5.65 Å². The monoisotopic (exact) mass is 307 g/mol. The van der Waals surface area contributed by atoms with Crippen LogP contribution in [-0.2, 0) is 4.74 Å². The second-order valence-corrected chi connectivity index (χ2v) is 5.83. The Morgan fingerprint density at radius 1 is 1.19 bits per heavy atom. The van der Waals surface area contributed by atoms with E-state index >= 15 is 0 Å². The average molecular weight is 307 g/mol. The summed E-state index contributed by atoms with van der Waals surface area (Å²) in [6, 6.07) is 1.77. The molecule has 1 saturated heterocycles. The van der Waals surface area contributed by atoms with Gasteiger partial charge in [-0.3, -0.25) is 0 Å². The van der Waals surface area contributed by atoms with Crippen LogP contribution in [0.1, 0.15) is 30.0 Å². The minimum absolute atomic E-state index is 0.436. The minimum Gasteiger partial charge on any atom is -0.388 e. The lowest BCUT2D eigenvalue weighted by Crippen LogP contribution is -2.28. The predicted octanol–water partition coefficient (Wildman–Crippen LogP) is 1.49. The lowest BCUT2D eigenvalue weighted by molar-refractivity contribution is 0.0147. The zero-order chi connectivity index (χ0) is 15.3. The third-order valence-electron chi connectivity index (χ3n) is 3.93. The molecule has 3 heterocycles. The number of aromatic amines is 1. The molecule has 1 aliphatic heterocycles. The number of ether oxygens (including phenoxy) is 1. The zero-order valence-corrected chi connectivity index (χ0v) is 12.8. The molecule has 1 unspecified atom stereocenters. The Balaban J connectivity index is 2.14. The molecule has 3 rings (SSSR count). The molecule has 0 amide bonds. The van der Waals surface area contributed by atoms with Gasteiger partial charge in [-0.2, -0.15) is 0 Å². The normalized spacial score (nSPS) is 29.2. The Hall–Kier alpha value is -1.41. The molecule has 21 heavy (non-hydrogen) atoms. The molecule has 0 aromatic carbocycles. The zero-order valence-electron chi connectivity index (χ0n) is 12.0. The summed E-state index contributed by atoms with van der Waals surface area (Å²) in [7, 11) is 0. The number of hydrogen-bond acceptors (Lipinski definition) is 6. The number of aromatic nitrogens is 3. The van der Waals surface area contributed by atoms with Crippen molar-refractivity contribution in [1.29, 1.82) is 0 Å². The Morgan fingerprint density at radius 2 is 1.86 bits per heavy atom. The van der Waals surface area contributed by atoms with Crippen LogP contribution in [0.4, 0.5) is 0 Å². The number of H-pyrrole nitrogens is 1. The second-order valence-electron chi connectivity index (χ2n) is 5.43. The van der Waals surface area contributed by atoms with Crippen molar-refractivity contribution in [1.82, 2.24) is 15.0 Å². The van der Waals surface area contributed by atoms with Crippen molar-refractivity contribution in [2.45, 2.75) is 45.2 Å². The topological polar surface area (TPSA) is 91.3 Å². The number of hydrogen-bond donors (Lipinski definition) is 3. The summed E-state index contributed by atoms with van der Waals surface area (Å²) in [4.78, 5) is 11.9. The van der Waals surface area contributed by atoms with E-state index in [0.717, 1.165) is 11.4 Å². The van der Waals surface area contributed by atoms with Crippen molar-refractivity contribution in [2.75, 3.05) is 0 Å². The number of rotatable bonds is 1. The van der Waals surface area contributed by atoms with Gasteiger partial charge in [0.1, 0.15) is 28.5 Å². The molecule has 0 aliphatic carbocycles. The van der Waals surface area contributed by atoms with Crippen molar-refractivity contribution in [3.05, 3.63) is 27.7 Å². The Labute approximate surface area is 126 Å². The van der Waals surface area contributed by atoms with Crippen LogP contribution in [0, 0.1) is 18.5 Å². The number of nitrogens with one attached hydrogen (secondary N) is 1. The molecule has 7 heteroatoms. The molecule has 1 aliphatic rings. The molecule has 0 saturated carbocycles. The Morgan fingerprint density at radius 3 is 2.48 bits per heavy atom. The first-order chi connectivity index (χ1) is 9.88. The molecule has 112 valence electrons. The van der Waals surface area contributed by atoms with E-state index in [0.29, 0.717) is 21.4 Å². The van der Waals surface area contributed by atoms with Gasteiger partial charge in [-0.25, -0.2) is 9.97 Å². The summed E-state index contributed by atoms with van der Waals surface area (Å²) in [5.41, 5.74) is 3.55. The highest BCUT2D eigenvalue weighted by molar-refractivity contribution is 7.71. The van der Waals surface area contributed by atoms with Gasteiger partial charge in [-0.15, -0.1) is 0 Å². The molecule has 1 fully saturated rings. The molecule has 0 spiro atoms. The van der Waals surface area contributed by atoms with Crippen LogP contribution < -0.4 is 0 Å². The van der Waals surface area contributed by atoms with Crippen LogP contribution >= 0.6 is 12.2 Å². The van der Waals surface area contributed by atoms with Gasteiger partial charge in [0.25, 0.3) is 0 Å². The number of aliphatic hydroxyl groups is 2. The Kier molecular flexibility index (Phi) is 3.53. The number of fused-ring (bicyclic) bond motifs is 1. The van der Waals surface area contributed by atoms with Gasteiger partial charge in [-0.05, 0) is 26.8 Å². The van der Waals surface area contributed by atoms with Crippen molar-refractivity contribution in [2.24, 2.45) is 0 Å². The van der Waals surface area contributed by atoms with Crippen LogP contribution in [0.5, 0.6) is 0 Å². The van der Waals surface area contributed by atoms with Gasteiger partial charge in [0.2, 0.25) is 0 Å². The predicted molar refractivity (Wildman–Crippen MR) is 79.5 cm³/mol. The molecular weight excluding hydrogens is 290 g/mol. The van der Waals surface area contributed by atoms with Crippen molar-refractivity contribution < 1.29 is 14.9 Å². The first-order valence-corrected chi connectivity index (χ1v) is 7.19. The maximum Gasteiger partial charge on any atom is 0.157 e. The van der Waals surface area contributed by atoms with Gasteiger partial charge in [0.05, 0.1) is 17.5 Å². The second kappa shape index (κ2) is 5.10. The first kappa shape index (κ1) is 14.5. The molecular formula is C14H17N3O3S. The first-order valence-electron chi connectivity index (χ1n) is 6.78. The average Bonchev–Trinajstić information content (AvgIpc) is 2.68. The van der Waals surface area contributed by atoms with Gasteiger partial charge < -0.3 is 19.9 Å². The lowest BCUT2D eigenvalue weighted by atomic mass is 10.0. The molecule has 2 aromatic heterocycles. The SMILES string of the molecule is Cc1nc2cc([C@@H]3O[C@H](C)C(O)[C@@H]3O)c(=S)[nH]c2nc1C. The number of nitrogens with zero attached hydrogens (tertiary/aromatic N) is 2. The summed E-state index contributed by atoms with van der Waals surface area (Å²) in [5, 5.41) is 19.9.